The van der Waals surface area contributed by atoms with Crippen molar-refractivity contribution >= 4 is 28.4 Å². The van der Waals surface area contributed by atoms with Crippen molar-refractivity contribution in [2.24, 2.45) is 0 Å². The van der Waals surface area contributed by atoms with Crippen molar-refractivity contribution in [1.29, 1.82) is 0 Å². The molecule has 0 spiro atoms. The van der Waals surface area contributed by atoms with Gasteiger partial charge in [-0.05, 0) is 18.6 Å². The van der Waals surface area contributed by atoms with Gasteiger partial charge >= 0.3 is 0 Å². The first-order valence-corrected chi connectivity index (χ1v) is 10.6. The molecule has 0 bridgehead atoms. The second kappa shape index (κ2) is 9.04. The summed E-state index contributed by atoms with van der Waals surface area (Å²) in [6.07, 6.45) is 0.747. The summed E-state index contributed by atoms with van der Waals surface area (Å²) in [5.74, 6) is 1.51. The number of fused-ring (bicyclic) bond motifs is 3. The van der Waals surface area contributed by atoms with Crippen LogP contribution in [0.25, 0.3) is 16.7 Å². The number of para-hydroxylation sites is 1. The van der Waals surface area contributed by atoms with Crippen molar-refractivity contribution < 1.29 is 9.47 Å². The molecule has 1 aliphatic heterocycles. The van der Waals surface area contributed by atoms with Crippen LogP contribution in [0, 0.1) is 0 Å². The lowest BCUT2D eigenvalue weighted by Gasteiger charge is -2.26. The molecule has 150 valence electrons. The van der Waals surface area contributed by atoms with E-state index in [2.05, 4.69) is 15.1 Å². The topological polar surface area (TPSA) is 73.9 Å². The van der Waals surface area contributed by atoms with Gasteiger partial charge in [-0.3, -0.25) is 18.7 Å². The molecule has 1 fully saturated rings. The number of methoxy groups -OCH3 is 1. The van der Waals surface area contributed by atoms with Gasteiger partial charge in [0, 0.05) is 45.6 Å². The zero-order valence-electron chi connectivity index (χ0n) is 16.0. The molecule has 0 aliphatic carbocycles. The van der Waals surface area contributed by atoms with E-state index in [9.17, 15) is 4.79 Å². The smallest absolute Gasteiger partial charge is 0.262 e. The predicted octanol–water partition coefficient (Wildman–Crippen LogP) is 1.51. The molecular weight excluding hydrogens is 378 g/mol. The van der Waals surface area contributed by atoms with Crippen molar-refractivity contribution in [3.63, 3.8) is 0 Å². The number of rotatable bonds is 8. The molecule has 1 aromatic carbocycles. The van der Waals surface area contributed by atoms with E-state index < -0.39 is 0 Å². The lowest BCUT2D eigenvalue weighted by Crippen LogP contribution is -2.37. The van der Waals surface area contributed by atoms with Crippen LogP contribution in [0.5, 0.6) is 0 Å². The van der Waals surface area contributed by atoms with Gasteiger partial charge in [0.1, 0.15) is 0 Å². The largest absolute Gasteiger partial charge is 0.385 e. The molecule has 0 saturated carbocycles. The normalized spacial score (nSPS) is 15.6. The molecule has 3 aromatic rings. The standard InChI is InChI=1S/C19H25N5O3S/c1-26-11-4-7-23-17(25)15-5-2-3-6-16(15)24-18(23)20-21-19(24)28-14-10-22-8-12-27-13-9-22/h2-3,5-6H,4,7-14H2,1H3. The Morgan fingerprint density at radius 1 is 1.18 bits per heavy atom. The third-order valence-corrected chi connectivity index (χ3v) is 5.86. The quantitative estimate of drug-likeness (QED) is 0.417. The molecule has 0 atom stereocenters. The van der Waals surface area contributed by atoms with E-state index in [0.717, 1.165) is 55.7 Å². The third kappa shape index (κ3) is 3.93. The van der Waals surface area contributed by atoms with E-state index in [4.69, 9.17) is 9.47 Å². The van der Waals surface area contributed by atoms with Gasteiger partial charge in [-0.1, -0.05) is 23.9 Å². The summed E-state index contributed by atoms with van der Waals surface area (Å²) in [5, 5.41) is 10.3. The average molecular weight is 404 g/mol. The number of aromatic nitrogens is 4. The minimum atomic E-state index is -0.0310. The lowest BCUT2D eigenvalue weighted by atomic mass is 10.2. The molecule has 0 amide bonds. The number of hydrogen-bond acceptors (Lipinski definition) is 7. The van der Waals surface area contributed by atoms with Gasteiger partial charge in [-0.25, -0.2) is 0 Å². The van der Waals surface area contributed by atoms with E-state index in [0.29, 0.717) is 24.3 Å². The lowest BCUT2D eigenvalue weighted by molar-refractivity contribution is 0.0410. The van der Waals surface area contributed by atoms with Crippen molar-refractivity contribution in [3.8, 4) is 0 Å². The van der Waals surface area contributed by atoms with Crippen LogP contribution in [0.1, 0.15) is 6.42 Å². The number of morpholine rings is 1. The maximum Gasteiger partial charge on any atom is 0.262 e. The average Bonchev–Trinajstić information content (AvgIpc) is 3.15. The molecule has 28 heavy (non-hydrogen) atoms. The van der Waals surface area contributed by atoms with Crippen LogP contribution in [-0.2, 0) is 16.0 Å². The summed E-state index contributed by atoms with van der Waals surface area (Å²) in [7, 11) is 1.67. The molecule has 1 saturated heterocycles. The summed E-state index contributed by atoms with van der Waals surface area (Å²) in [6.45, 7) is 5.69. The Balaban J connectivity index is 1.65. The van der Waals surface area contributed by atoms with E-state index in [1.807, 2.05) is 28.7 Å². The van der Waals surface area contributed by atoms with Gasteiger partial charge in [0.25, 0.3) is 5.56 Å². The number of ether oxygens (including phenoxy) is 2. The minimum absolute atomic E-state index is 0.0310. The molecule has 0 unspecified atom stereocenters. The van der Waals surface area contributed by atoms with E-state index in [-0.39, 0.29) is 5.56 Å². The Hall–Kier alpha value is -1.94. The highest BCUT2D eigenvalue weighted by Crippen LogP contribution is 2.21. The first-order valence-electron chi connectivity index (χ1n) is 9.58. The Labute approximate surface area is 167 Å². The Bertz CT molecular complexity index is 996. The molecule has 0 radical (unpaired) electrons. The van der Waals surface area contributed by atoms with E-state index in [1.54, 1.807) is 23.4 Å². The third-order valence-electron chi connectivity index (χ3n) is 4.95. The number of thioether (sulfide) groups is 1. The number of nitrogens with zero attached hydrogens (tertiary/aromatic N) is 5. The molecular formula is C19H25N5O3S. The fourth-order valence-corrected chi connectivity index (χ4v) is 4.43. The van der Waals surface area contributed by atoms with Gasteiger partial charge in [0.15, 0.2) is 5.16 Å². The predicted molar refractivity (Wildman–Crippen MR) is 109 cm³/mol. The number of benzene rings is 1. The summed E-state index contributed by atoms with van der Waals surface area (Å²) in [4.78, 5) is 15.4. The maximum absolute atomic E-state index is 13.0. The molecule has 0 N–H and O–H groups in total. The highest BCUT2D eigenvalue weighted by molar-refractivity contribution is 7.99. The zero-order chi connectivity index (χ0) is 19.3. The molecule has 8 nitrogen and oxygen atoms in total. The van der Waals surface area contributed by atoms with Crippen LogP contribution in [0.2, 0.25) is 0 Å². The fraction of sp³-hybridized carbons (Fsp3) is 0.526. The number of aryl methyl sites for hydroxylation is 1. The molecule has 4 rings (SSSR count). The van der Waals surface area contributed by atoms with Gasteiger partial charge in [-0.2, -0.15) is 0 Å². The molecule has 9 heteroatoms. The SMILES string of the molecule is COCCCn1c(=O)c2ccccc2n2c(SCCN3CCOCC3)nnc12. The summed E-state index contributed by atoms with van der Waals surface area (Å²) >= 11 is 1.67. The highest BCUT2D eigenvalue weighted by atomic mass is 32.2. The van der Waals surface area contributed by atoms with Crippen LogP contribution < -0.4 is 5.56 Å². The summed E-state index contributed by atoms with van der Waals surface area (Å²) < 4.78 is 14.3. The first kappa shape index (κ1) is 19.4. The second-order valence-corrected chi connectivity index (χ2v) is 7.80. The Morgan fingerprint density at radius 3 is 2.82 bits per heavy atom. The fourth-order valence-electron chi connectivity index (χ4n) is 3.49. The van der Waals surface area contributed by atoms with Crippen LogP contribution in [0.15, 0.2) is 34.2 Å². The van der Waals surface area contributed by atoms with Gasteiger partial charge < -0.3 is 9.47 Å². The van der Waals surface area contributed by atoms with Crippen LogP contribution in [-0.4, -0.2) is 76.4 Å². The molecule has 2 aromatic heterocycles. The van der Waals surface area contributed by atoms with Gasteiger partial charge in [-0.15, -0.1) is 10.2 Å². The first-order chi connectivity index (χ1) is 13.8. The monoisotopic (exact) mass is 403 g/mol. The minimum Gasteiger partial charge on any atom is -0.385 e. The van der Waals surface area contributed by atoms with Crippen LogP contribution >= 0.6 is 11.8 Å². The zero-order valence-corrected chi connectivity index (χ0v) is 16.9. The Kier molecular flexibility index (Phi) is 6.26. The second-order valence-electron chi connectivity index (χ2n) is 6.74. The molecule has 3 heterocycles. The van der Waals surface area contributed by atoms with Crippen molar-refractivity contribution in [2.45, 2.75) is 18.1 Å². The van der Waals surface area contributed by atoms with Crippen molar-refractivity contribution in [3.05, 3.63) is 34.6 Å². The maximum atomic E-state index is 13.0. The van der Waals surface area contributed by atoms with E-state index >= 15 is 0 Å². The van der Waals surface area contributed by atoms with Gasteiger partial charge in [0.2, 0.25) is 5.78 Å². The Morgan fingerprint density at radius 2 is 2.00 bits per heavy atom. The van der Waals surface area contributed by atoms with Crippen LogP contribution in [0.3, 0.4) is 0 Å². The van der Waals surface area contributed by atoms with Crippen LogP contribution in [0.4, 0.5) is 0 Å². The highest BCUT2D eigenvalue weighted by Gasteiger charge is 2.17. The van der Waals surface area contributed by atoms with Gasteiger partial charge in [0.05, 0.1) is 24.1 Å². The van der Waals surface area contributed by atoms with Crippen molar-refractivity contribution in [1.82, 2.24) is 24.1 Å². The molecule has 1 aliphatic rings. The van der Waals surface area contributed by atoms with Crippen molar-refractivity contribution in [2.75, 3.05) is 52.3 Å². The van der Waals surface area contributed by atoms with E-state index in [1.165, 1.54) is 0 Å². The summed E-state index contributed by atoms with van der Waals surface area (Å²) in [5.41, 5.74) is 0.820. The number of hydrogen-bond donors (Lipinski definition) is 0. The summed E-state index contributed by atoms with van der Waals surface area (Å²) in [6, 6.07) is 7.66.